The molecule has 0 spiro atoms. The van der Waals surface area contributed by atoms with Crippen molar-refractivity contribution in [3.05, 3.63) is 70.5 Å². The second-order valence-corrected chi connectivity index (χ2v) is 9.31. The minimum Gasteiger partial charge on any atom is -0.342 e. The lowest BCUT2D eigenvalue weighted by Gasteiger charge is -2.22. The number of nitrogens with one attached hydrogen (secondary N) is 2. The van der Waals surface area contributed by atoms with E-state index in [0.717, 1.165) is 11.3 Å². The summed E-state index contributed by atoms with van der Waals surface area (Å²) in [6.45, 7) is 8.60. The van der Waals surface area contributed by atoms with Crippen molar-refractivity contribution >= 4 is 40.9 Å². The van der Waals surface area contributed by atoms with Crippen molar-refractivity contribution in [3.8, 4) is 0 Å². The molecule has 1 atom stereocenters. The summed E-state index contributed by atoms with van der Waals surface area (Å²) in [6.07, 6.45) is 0. The van der Waals surface area contributed by atoms with Crippen LogP contribution in [0.2, 0.25) is 5.02 Å². The van der Waals surface area contributed by atoms with Crippen molar-refractivity contribution in [2.24, 2.45) is 5.92 Å². The van der Waals surface area contributed by atoms with Gasteiger partial charge >= 0.3 is 0 Å². The van der Waals surface area contributed by atoms with E-state index in [2.05, 4.69) is 20.8 Å². The first-order valence-corrected chi connectivity index (χ1v) is 12.1. The summed E-state index contributed by atoms with van der Waals surface area (Å²) >= 11 is 7.51. The van der Waals surface area contributed by atoms with Crippen LogP contribution in [0.1, 0.15) is 48.6 Å². The van der Waals surface area contributed by atoms with Crippen molar-refractivity contribution in [2.75, 3.05) is 11.1 Å². The van der Waals surface area contributed by atoms with Crippen LogP contribution in [0.3, 0.4) is 0 Å². The molecule has 2 amide bonds. The Kier molecular flexibility index (Phi) is 8.52. The number of carbonyl (C=O) groups is 2. The molecular weight excluding hydrogens is 458 g/mol. The lowest BCUT2D eigenvalue weighted by molar-refractivity contribution is -0.113. The fourth-order valence-electron chi connectivity index (χ4n) is 3.29. The maximum atomic E-state index is 12.9. The molecule has 2 N–H and O–H groups in total. The van der Waals surface area contributed by atoms with Gasteiger partial charge in [-0.3, -0.25) is 9.59 Å². The van der Waals surface area contributed by atoms with E-state index in [-0.39, 0.29) is 29.5 Å². The minimum absolute atomic E-state index is 0.0635. The number of anilines is 1. The third-order valence-electron chi connectivity index (χ3n) is 5.08. The van der Waals surface area contributed by atoms with Gasteiger partial charge in [-0.2, -0.15) is 0 Å². The molecule has 0 aliphatic carbocycles. The number of amides is 2. The quantitative estimate of drug-likeness (QED) is 0.411. The second kappa shape index (κ2) is 11.3. The van der Waals surface area contributed by atoms with Crippen molar-refractivity contribution in [1.82, 2.24) is 20.1 Å². The zero-order chi connectivity index (χ0) is 24.0. The van der Waals surface area contributed by atoms with Crippen LogP contribution < -0.4 is 10.6 Å². The number of hydrogen-bond acceptors (Lipinski definition) is 5. The highest BCUT2D eigenvalue weighted by atomic mass is 35.5. The number of rotatable bonds is 9. The van der Waals surface area contributed by atoms with Gasteiger partial charge in [0, 0.05) is 12.2 Å². The number of nitrogens with zero attached hydrogens (tertiary/aromatic N) is 3. The van der Waals surface area contributed by atoms with Crippen molar-refractivity contribution in [1.29, 1.82) is 0 Å². The molecule has 174 valence electrons. The molecule has 3 rings (SSSR count). The minimum atomic E-state index is -0.364. The Balaban J connectivity index is 1.71. The first-order chi connectivity index (χ1) is 15.8. The van der Waals surface area contributed by atoms with Crippen molar-refractivity contribution in [2.45, 2.75) is 45.4 Å². The molecule has 0 bridgehead atoms. The Morgan fingerprint density at radius 3 is 2.42 bits per heavy atom. The Bertz CT molecular complexity index is 1110. The molecular formula is C24H28ClN5O2S. The van der Waals surface area contributed by atoms with Crippen LogP contribution >= 0.6 is 23.4 Å². The highest BCUT2D eigenvalue weighted by Gasteiger charge is 2.26. The molecule has 9 heteroatoms. The van der Waals surface area contributed by atoms with Crippen LogP contribution in [-0.2, 0) is 11.3 Å². The largest absolute Gasteiger partial charge is 0.342 e. The first-order valence-electron chi connectivity index (χ1n) is 10.8. The smallest absolute Gasteiger partial charge is 0.253 e. The lowest BCUT2D eigenvalue weighted by Crippen LogP contribution is -2.34. The third kappa shape index (κ3) is 6.36. The summed E-state index contributed by atoms with van der Waals surface area (Å²) in [5.74, 6) is 0.521. The van der Waals surface area contributed by atoms with Crippen LogP contribution in [0.5, 0.6) is 0 Å². The van der Waals surface area contributed by atoms with Crippen LogP contribution in [-0.4, -0.2) is 32.3 Å². The van der Waals surface area contributed by atoms with E-state index < -0.39 is 0 Å². The van der Waals surface area contributed by atoms with E-state index >= 15 is 0 Å². The summed E-state index contributed by atoms with van der Waals surface area (Å²) in [6, 6.07) is 14.2. The van der Waals surface area contributed by atoms with Gasteiger partial charge in [0.05, 0.1) is 22.4 Å². The van der Waals surface area contributed by atoms with Crippen molar-refractivity contribution < 1.29 is 9.59 Å². The summed E-state index contributed by atoms with van der Waals surface area (Å²) < 4.78 is 1.93. The number of halogens is 1. The molecule has 1 heterocycles. The molecule has 0 aliphatic rings. The third-order valence-corrected chi connectivity index (χ3v) is 6.38. The molecule has 0 saturated carbocycles. The number of carbonyl (C=O) groups excluding carboxylic acids is 2. The van der Waals surface area contributed by atoms with Gasteiger partial charge in [0.1, 0.15) is 0 Å². The molecule has 2 aromatic carbocycles. The summed E-state index contributed by atoms with van der Waals surface area (Å²) in [5, 5.41) is 15.6. The van der Waals surface area contributed by atoms with Gasteiger partial charge in [0.15, 0.2) is 11.0 Å². The van der Waals surface area contributed by atoms with Gasteiger partial charge in [-0.1, -0.05) is 67.0 Å². The van der Waals surface area contributed by atoms with E-state index in [0.29, 0.717) is 28.1 Å². The van der Waals surface area contributed by atoms with Crippen LogP contribution in [0, 0.1) is 12.8 Å². The number of aryl methyl sites for hydroxylation is 1. The monoisotopic (exact) mass is 485 g/mol. The number of hydrogen-bond donors (Lipinski definition) is 2. The highest BCUT2D eigenvalue weighted by Crippen LogP contribution is 2.26. The molecule has 0 saturated heterocycles. The Labute approximate surface area is 203 Å². The average Bonchev–Trinajstić information content (AvgIpc) is 3.20. The van der Waals surface area contributed by atoms with E-state index in [4.69, 9.17) is 11.6 Å². The molecule has 1 aromatic heterocycles. The number of aromatic nitrogens is 3. The standard InChI is InChI=1S/C24H28ClN5O2S/c1-5-30-22(21(15(2)3)27-23(32)18-8-6-7-9-19(18)25)28-29-24(30)33-14-20(31)26-17-12-10-16(4)11-13-17/h6-13,15,21H,5,14H2,1-4H3,(H,26,31)(H,27,32)/t21-/m0/s1. The van der Waals surface area contributed by atoms with E-state index in [1.165, 1.54) is 11.8 Å². The maximum Gasteiger partial charge on any atom is 0.253 e. The number of thioether (sulfide) groups is 1. The zero-order valence-corrected chi connectivity index (χ0v) is 20.7. The summed E-state index contributed by atoms with van der Waals surface area (Å²) in [5.41, 5.74) is 2.30. The van der Waals surface area contributed by atoms with E-state index in [1.54, 1.807) is 24.3 Å². The molecule has 7 nitrogen and oxygen atoms in total. The van der Waals surface area contributed by atoms with Crippen LogP contribution in [0.4, 0.5) is 5.69 Å². The van der Waals surface area contributed by atoms with E-state index in [1.807, 2.05) is 56.5 Å². The topological polar surface area (TPSA) is 88.9 Å². The van der Waals surface area contributed by atoms with Gasteiger partial charge in [-0.25, -0.2) is 0 Å². The van der Waals surface area contributed by atoms with Crippen LogP contribution in [0.15, 0.2) is 53.7 Å². The summed E-state index contributed by atoms with van der Waals surface area (Å²) in [7, 11) is 0. The van der Waals surface area contributed by atoms with Gasteiger partial charge in [0.2, 0.25) is 5.91 Å². The Hall–Kier alpha value is -2.84. The number of benzene rings is 2. The first kappa shape index (κ1) is 24.8. The van der Waals surface area contributed by atoms with E-state index in [9.17, 15) is 9.59 Å². The fourth-order valence-corrected chi connectivity index (χ4v) is 4.32. The SMILES string of the molecule is CCn1c(SCC(=O)Nc2ccc(C)cc2)nnc1[C@@H](NC(=O)c1ccccc1Cl)C(C)C. The summed E-state index contributed by atoms with van der Waals surface area (Å²) in [4.78, 5) is 25.3. The second-order valence-electron chi connectivity index (χ2n) is 7.96. The van der Waals surface area contributed by atoms with Gasteiger partial charge < -0.3 is 15.2 Å². The molecule has 0 unspecified atom stereocenters. The molecule has 0 radical (unpaired) electrons. The molecule has 0 aliphatic heterocycles. The highest BCUT2D eigenvalue weighted by molar-refractivity contribution is 7.99. The molecule has 33 heavy (non-hydrogen) atoms. The normalized spacial score (nSPS) is 11.9. The predicted octanol–water partition coefficient (Wildman–Crippen LogP) is 5.12. The van der Waals surface area contributed by atoms with Gasteiger partial charge in [-0.05, 0) is 44.0 Å². The van der Waals surface area contributed by atoms with Crippen LogP contribution in [0.25, 0.3) is 0 Å². The van der Waals surface area contributed by atoms with Gasteiger partial charge in [0.25, 0.3) is 5.91 Å². The van der Waals surface area contributed by atoms with Crippen molar-refractivity contribution in [3.63, 3.8) is 0 Å². The zero-order valence-electron chi connectivity index (χ0n) is 19.1. The Morgan fingerprint density at radius 1 is 1.09 bits per heavy atom. The average molecular weight is 486 g/mol. The van der Waals surface area contributed by atoms with Gasteiger partial charge in [-0.15, -0.1) is 10.2 Å². The lowest BCUT2D eigenvalue weighted by atomic mass is 10.0. The maximum absolute atomic E-state index is 12.9. The Morgan fingerprint density at radius 2 is 1.79 bits per heavy atom. The fraction of sp³-hybridized carbons (Fsp3) is 0.333. The predicted molar refractivity (Wildman–Crippen MR) is 133 cm³/mol. The molecule has 0 fully saturated rings. The molecule has 3 aromatic rings.